The van der Waals surface area contributed by atoms with Crippen LogP contribution in [0.4, 0.5) is 0 Å². The van der Waals surface area contributed by atoms with Gasteiger partial charge in [0.1, 0.15) is 0 Å². The third-order valence-corrected chi connectivity index (χ3v) is 4.48. The largest absolute Gasteiger partial charge is 0.396 e. The van der Waals surface area contributed by atoms with Crippen LogP contribution in [0.5, 0.6) is 0 Å². The fourth-order valence-electron chi connectivity index (χ4n) is 2.84. The van der Waals surface area contributed by atoms with E-state index in [0.29, 0.717) is 13.0 Å². The molecule has 1 fully saturated rings. The van der Waals surface area contributed by atoms with Crippen molar-refractivity contribution in [3.05, 3.63) is 34.9 Å². The first-order chi connectivity index (χ1) is 9.21. The molecule has 0 radical (unpaired) electrons. The Morgan fingerprint density at radius 1 is 1.26 bits per heavy atom. The third-order valence-electron chi connectivity index (χ3n) is 4.48. The SMILES string of the molecule is O=C(Cc1ccc2c(c1)CCC2)NCC1(CO)CC1. The van der Waals surface area contributed by atoms with Crippen molar-refractivity contribution in [3.8, 4) is 0 Å². The van der Waals surface area contributed by atoms with Crippen LogP contribution in [0, 0.1) is 5.41 Å². The molecule has 19 heavy (non-hydrogen) atoms. The van der Waals surface area contributed by atoms with Crippen LogP contribution in [0.2, 0.25) is 0 Å². The zero-order chi connectivity index (χ0) is 13.3. The molecule has 2 N–H and O–H groups in total. The molecule has 1 aromatic carbocycles. The van der Waals surface area contributed by atoms with Gasteiger partial charge < -0.3 is 10.4 Å². The normalized spacial score (nSPS) is 19.0. The molecule has 102 valence electrons. The number of carbonyl (C=O) groups is 1. The van der Waals surface area contributed by atoms with Crippen molar-refractivity contribution < 1.29 is 9.90 Å². The van der Waals surface area contributed by atoms with E-state index in [9.17, 15) is 9.90 Å². The smallest absolute Gasteiger partial charge is 0.224 e. The van der Waals surface area contributed by atoms with E-state index in [1.165, 1.54) is 24.0 Å². The van der Waals surface area contributed by atoms with E-state index in [-0.39, 0.29) is 17.9 Å². The van der Waals surface area contributed by atoms with Crippen LogP contribution in [0.3, 0.4) is 0 Å². The van der Waals surface area contributed by atoms with Crippen LogP contribution in [-0.2, 0) is 24.1 Å². The van der Waals surface area contributed by atoms with Crippen LogP contribution in [0.25, 0.3) is 0 Å². The molecule has 1 aromatic rings. The topological polar surface area (TPSA) is 49.3 Å². The van der Waals surface area contributed by atoms with Crippen molar-refractivity contribution in [2.75, 3.05) is 13.2 Å². The minimum absolute atomic E-state index is 0.00635. The average Bonchev–Trinajstić information content (AvgIpc) is 3.06. The number of benzene rings is 1. The Labute approximate surface area is 114 Å². The maximum Gasteiger partial charge on any atom is 0.224 e. The van der Waals surface area contributed by atoms with Gasteiger partial charge in [0.05, 0.1) is 13.0 Å². The van der Waals surface area contributed by atoms with E-state index < -0.39 is 0 Å². The summed E-state index contributed by atoms with van der Waals surface area (Å²) in [5, 5.41) is 12.2. The lowest BCUT2D eigenvalue weighted by molar-refractivity contribution is -0.120. The Bertz CT molecular complexity index is 492. The Balaban J connectivity index is 1.54. The molecule has 3 rings (SSSR count). The summed E-state index contributed by atoms with van der Waals surface area (Å²) >= 11 is 0. The van der Waals surface area contributed by atoms with Gasteiger partial charge in [-0.15, -0.1) is 0 Å². The van der Waals surface area contributed by atoms with Crippen LogP contribution in [0.15, 0.2) is 18.2 Å². The summed E-state index contributed by atoms with van der Waals surface area (Å²) in [7, 11) is 0. The van der Waals surface area contributed by atoms with E-state index in [2.05, 4.69) is 23.5 Å². The lowest BCUT2D eigenvalue weighted by Gasteiger charge is -2.13. The van der Waals surface area contributed by atoms with Crippen LogP contribution in [0.1, 0.15) is 36.0 Å². The number of nitrogens with one attached hydrogen (secondary N) is 1. The molecule has 1 amide bonds. The van der Waals surface area contributed by atoms with Gasteiger partial charge >= 0.3 is 0 Å². The van der Waals surface area contributed by atoms with Gasteiger partial charge in [-0.05, 0) is 48.8 Å². The average molecular weight is 259 g/mol. The maximum atomic E-state index is 11.9. The van der Waals surface area contributed by atoms with Crippen molar-refractivity contribution in [1.29, 1.82) is 0 Å². The van der Waals surface area contributed by atoms with Gasteiger partial charge in [0.2, 0.25) is 5.91 Å². The molecule has 0 atom stereocenters. The monoisotopic (exact) mass is 259 g/mol. The van der Waals surface area contributed by atoms with Crippen molar-refractivity contribution in [2.24, 2.45) is 5.41 Å². The molecule has 0 aliphatic heterocycles. The quantitative estimate of drug-likeness (QED) is 0.844. The number of amides is 1. The molecule has 0 heterocycles. The number of rotatable bonds is 5. The van der Waals surface area contributed by atoms with E-state index in [4.69, 9.17) is 0 Å². The van der Waals surface area contributed by atoms with Gasteiger partial charge in [0, 0.05) is 12.0 Å². The fourth-order valence-corrected chi connectivity index (χ4v) is 2.84. The van der Waals surface area contributed by atoms with Crippen LogP contribution >= 0.6 is 0 Å². The number of aliphatic hydroxyl groups excluding tert-OH is 1. The summed E-state index contributed by atoms with van der Waals surface area (Å²) in [4.78, 5) is 11.9. The predicted molar refractivity (Wildman–Crippen MR) is 73.9 cm³/mol. The van der Waals surface area contributed by atoms with Gasteiger partial charge in [0.15, 0.2) is 0 Å². The molecule has 0 unspecified atom stereocenters. The highest BCUT2D eigenvalue weighted by Gasteiger charge is 2.41. The van der Waals surface area contributed by atoms with Gasteiger partial charge in [-0.25, -0.2) is 0 Å². The molecule has 2 aliphatic carbocycles. The van der Waals surface area contributed by atoms with E-state index >= 15 is 0 Å². The van der Waals surface area contributed by atoms with Gasteiger partial charge in [-0.3, -0.25) is 4.79 Å². The molecule has 0 bridgehead atoms. The summed E-state index contributed by atoms with van der Waals surface area (Å²) < 4.78 is 0. The van der Waals surface area contributed by atoms with Crippen molar-refractivity contribution in [2.45, 2.75) is 38.5 Å². The highest BCUT2D eigenvalue weighted by Crippen LogP contribution is 2.44. The minimum Gasteiger partial charge on any atom is -0.396 e. The standard InChI is InChI=1S/C16H21NO2/c18-11-16(6-7-16)10-17-15(19)9-12-4-5-13-2-1-3-14(13)8-12/h4-5,8,18H,1-3,6-7,9-11H2,(H,17,19). The second kappa shape index (κ2) is 4.97. The number of hydrogen-bond acceptors (Lipinski definition) is 2. The van der Waals surface area contributed by atoms with Crippen molar-refractivity contribution in [1.82, 2.24) is 5.32 Å². The van der Waals surface area contributed by atoms with E-state index in [0.717, 1.165) is 24.8 Å². The van der Waals surface area contributed by atoms with Crippen molar-refractivity contribution >= 4 is 5.91 Å². The molecule has 3 heteroatoms. The summed E-state index contributed by atoms with van der Waals surface area (Å²) in [6.45, 7) is 0.805. The first kappa shape index (κ1) is 12.7. The molecule has 0 spiro atoms. The molecule has 0 saturated heterocycles. The highest BCUT2D eigenvalue weighted by atomic mass is 16.3. The first-order valence-electron chi connectivity index (χ1n) is 7.19. The highest BCUT2D eigenvalue weighted by molar-refractivity contribution is 5.78. The molecular weight excluding hydrogens is 238 g/mol. The number of hydrogen-bond donors (Lipinski definition) is 2. The summed E-state index contributed by atoms with van der Waals surface area (Å²) in [6.07, 6.45) is 6.09. The minimum atomic E-state index is -0.00635. The second-order valence-electron chi connectivity index (χ2n) is 6.07. The Hall–Kier alpha value is -1.35. The second-order valence-corrected chi connectivity index (χ2v) is 6.07. The number of carbonyl (C=O) groups excluding carboxylic acids is 1. The van der Waals surface area contributed by atoms with Gasteiger partial charge in [-0.2, -0.15) is 0 Å². The maximum absolute atomic E-state index is 11.9. The Morgan fingerprint density at radius 2 is 2.05 bits per heavy atom. The summed E-state index contributed by atoms with van der Waals surface area (Å²) in [6, 6.07) is 6.42. The lowest BCUT2D eigenvalue weighted by Crippen LogP contribution is -2.32. The zero-order valence-electron chi connectivity index (χ0n) is 11.2. The summed E-state index contributed by atoms with van der Waals surface area (Å²) in [5.74, 6) is 0.0673. The van der Waals surface area contributed by atoms with Crippen LogP contribution in [-0.4, -0.2) is 24.2 Å². The molecule has 0 aromatic heterocycles. The number of aliphatic hydroxyl groups is 1. The van der Waals surface area contributed by atoms with E-state index in [1.54, 1.807) is 0 Å². The lowest BCUT2D eigenvalue weighted by atomic mass is 10.0. The number of aryl methyl sites for hydroxylation is 2. The Kier molecular flexibility index (Phi) is 3.31. The molecule has 3 nitrogen and oxygen atoms in total. The molecule has 1 saturated carbocycles. The predicted octanol–water partition coefficient (Wildman–Crippen LogP) is 1.61. The van der Waals surface area contributed by atoms with Crippen LogP contribution < -0.4 is 5.32 Å². The molecular formula is C16H21NO2. The van der Waals surface area contributed by atoms with E-state index in [1.807, 2.05) is 0 Å². The number of fused-ring (bicyclic) bond motifs is 1. The zero-order valence-corrected chi connectivity index (χ0v) is 11.2. The third kappa shape index (κ3) is 2.81. The van der Waals surface area contributed by atoms with Gasteiger partial charge in [-0.1, -0.05) is 18.2 Å². The summed E-state index contributed by atoms with van der Waals surface area (Å²) in [5.41, 5.74) is 3.96. The van der Waals surface area contributed by atoms with Crippen molar-refractivity contribution in [3.63, 3.8) is 0 Å². The van der Waals surface area contributed by atoms with Gasteiger partial charge in [0.25, 0.3) is 0 Å². The Morgan fingerprint density at radius 3 is 2.79 bits per heavy atom. The fraction of sp³-hybridized carbons (Fsp3) is 0.562. The first-order valence-corrected chi connectivity index (χ1v) is 7.19. The molecule has 2 aliphatic rings.